The third-order valence-corrected chi connectivity index (χ3v) is 4.29. The first-order chi connectivity index (χ1) is 12.7. The van der Waals surface area contributed by atoms with E-state index in [-0.39, 0.29) is 31.1 Å². The monoisotopic (exact) mass is 661 g/mol. The SMILES string of the molecule is CC(C)(C)OC(=O)c1[c-]c(Cl)c(-c2cccc(N)c2)s1.[CH2-]C(=O)OC(C)(C)C.[U+2]. The Kier molecular flexibility index (Phi) is 10.9. The predicted molar refractivity (Wildman–Crippen MR) is 114 cm³/mol. The van der Waals surface area contributed by atoms with Crippen LogP contribution in [-0.2, 0) is 14.3 Å². The van der Waals surface area contributed by atoms with Crippen LogP contribution in [-0.4, -0.2) is 23.1 Å². The van der Waals surface area contributed by atoms with Crippen LogP contribution in [0.15, 0.2) is 24.3 Å². The largest absolute Gasteiger partial charge is 2.00 e. The minimum atomic E-state index is -0.543. The molecule has 0 aliphatic heterocycles. The van der Waals surface area contributed by atoms with E-state index in [9.17, 15) is 9.59 Å². The third-order valence-electron chi connectivity index (χ3n) is 2.78. The van der Waals surface area contributed by atoms with Gasteiger partial charge in [-0.05, 0) is 63.4 Å². The number of thiophene rings is 1. The van der Waals surface area contributed by atoms with Crippen molar-refractivity contribution >= 4 is 40.6 Å². The Morgan fingerprint density at radius 3 is 2.07 bits per heavy atom. The molecule has 1 aromatic heterocycles. The number of ether oxygens (including phenoxy) is 2. The van der Waals surface area contributed by atoms with Crippen molar-refractivity contribution in [3.63, 3.8) is 0 Å². The Balaban J connectivity index is 0.000000747. The molecule has 29 heavy (non-hydrogen) atoms. The molecule has 0 saturated carbocycles. The van der Waals surface area contributed by atoms with E-state index in [1.165, 1.54) is 11.3 Å². The van der Waals surface area contributed by atoms with Gasteiger partial charge in [0.2, 0.25) is 5.97 Å². The van der Waals surface area contributed by atoms with Crippen LogP contribution in [0.25, 0.3) is 10.4 Å². The van der Waals surface area contributed by atoms with Crippen LogP contribution in [0.2, 0.25) is 5.02 Å². The zero-order chi connectivity index (χ0) is 21.7. The number of hydrogen-bond acceptors (Lipinski definition) is 6. The Hall–Kier alpha value is -1.13. The van der Waals surface area contributed by atoms with Gasteiger partial charge < -0.3 is 20.0 Å². The summed E-state index contributed by atoms with van der Waals surface area (Å²) in [5.41, 5.74) is 6.33. The van der Waals surface area contributed by atoms with Gasteiger partial charge in [-0.25, -0.2) is 11.3 Å². The van der Waals surface area contributed by atoms with Crippen molar-refractivity contribution in [2.45, 2.75) is 52.7 Å². The number of nitrogens with two attached hydrogens (primary N) is 1. The van der Waals surface area contributed by atoms with E-state index < -0.39 is 23.1 Å². The van der Waals surface area contributed by atoms with Gasteiger partial charge in [0.05, 0.1) is 5.60 Å². The van der Waals surface area contributed by atoms with E-state index in [0.29, 0.717) is 15.6 Å². The fraction of sp³-hybridized carbons (Fsp3) is 0.381. The fourth-order valence-electron chi connectivity index (χ4n) is 1.95. The van der Waals surface area contributed by atoms with Gasteiger partial charge in [0, 0.05) is 5.69 Å². The van der Waals surface area contributed by atoms with Crippen molar-refractivity contribution in [2.75, 3.05) is 5.73 Å². The van der Waals surface area contributed by atoms with Crippen molar-refractivity contribution in [3.8, 4) is 10.4 Å². The standard InChI is InChI=1S/C15H15ClNO2S.C6H11O2.U/c1-15(2,3)19-14(18)12-8-11(16)13(20-12)9-5-4-6-10(17)7-9;1-5(7)8-6(2,3)4;/h4-7H,17H2,1-3H3;1H2,2-4H3;/q2*-1;+2. The zero-order valence-electron chi connectivity index (χ0n) is 17.5. The summed E-state index contributed by atoms with van der Waals surface area (Å²) < 4.78 is 10.00. The molecule has 0 aliphatic rings. The number of benzene rings is 1. The summed E-state index contributed by atoms with van der Waals surface area (Å²) in [4.78, 5) is 23.3. The summed E-state index contributed by atoms with van der Waals surface area (Å²) in [6.07, 6.45) is 0. The first-order valence-corrected chi connectivity index (χ1v) is 9.73. The molecule has 156 valence electrons. The molecule has 0 unspecified atom stereocenters. The molecule has 2 N–H and O–H groups in total. The fourth-order valence-corrected chi connectivity index (χ4v) is 3.20. The summed E-state index contributed by atoms with van der Waals surface area (Å²) in [6, 6.07) is 10.2. The van der Waals surface area contributed by atoms with Crippen LogP contribution in [0.3, 0.4) is 0 Å². The van der Waals surface area contributed by atoms with Crippen LogP contribution >= 0.6 is 22.9 Å². The molecule has 0 radical (unpaired) electrons. The van der Waals surface area contributed by atoms with Crippen molar-refractivity contribution < 1.29 is 50.2 Å². The van der Waals surface area contributed by atoms with Gasteiger partial charge in [-0.2, -0.15) is 0 Å². The Labute approximate surface area is 205 Å². The smallest absolute Gasteiger partial charge is 0.513 e. The summed E-state index contributed by atoms with van der Waals surface area (Å²) >= 11 is 7.41. The summed E-state index contributed by atoms with van der Waals surface area (Å²) in [5, 5.41) is 0.404. The second kappa shape index (κ2) is 11.3. The van der Waals surface area contributed by atoms with Crippen LogP contribution in [0.5, 0.6) is 0 Å². The maximum absolute atomic E-state index is 12.0. The van der Waals surface area contributed by atoms with Gasteiger partial charge >= 0.3 is 31.1 Å². The molecule has 2 aromatic rings. The van der Waals surface area contributed by atoms with E-state index in [4.69, 9.17) is 22.1 Å². The van der Waals surface area contributed by atoms with Crippen molar-refractivity contribution in [1.82, 2.24) is 0 Å². The van der Waals surface area contributed by atoms with Crippen molar-refractivity contribution in [1.29, 1.82) is 0 Å². The molecular weight excluding hydrogens is 636 g/mol. The molecule has 0 aliphatic carbocycles. The number of nitrogen functional groups attached to an aromatic ring is 1. The zero-order valence-corrected chi connectivity index (χ0v) is 23.2. The number of carbonyl (C=O) groups excluding carboxylic acids is 2. The molecule has 0 bridgehead atoms. The Morgan fingerprint density at radius 1 is 1.10 bits per heavy atom. The summed E-state index contributed by atoms with van der Waals surface area (Å²) in [7, 11) is 0. The van der Waals surface area contributed by atoms with E-state index in [1.54, 1.807) is 26.8 Å². The van der Waals surface area contributed by atoms with Crippen molar-refractivity contribution in [2.24, 2.45) is 0 Å². The molecule has 5 nitrogen and oxygen atoms in total. The maximum Gasteiger partial charge on any atom is 2.00 e. The number of esters is 2. The second-order valence-corrected chi connectivity index (χ2v) is 9.31. The number of halogens is 1. The van der Waals surface area contributed by atoms with Crippen LogP contribution in [0.4, 0.5) is 5.69 Å². The molecular formula is C21H26ClNO4SU. The first-order valence-electron chi connectivity index (χ1n) is 8.54. The van der Waals surface area contributed by atoms with Gasteiger partial charge in [-0.3, -0.25) is 11.7 Å². The Morgan fingerprint density at radius 2 is 1.66 bits per heavy atom. The molecule has 0 fully saturated rings. The molecule has 8 heteroatoms. The minimum Gasteiger partial charge on any atom is -0.513 e. The van der Waals surface area contributed by atoms with E-state index in [2.05, 4.69) is 17.7 Å². The van der Waals surface area contributed by atoms with E-state index >= 15 is 0 Å². The molecule has 0 saturated heterocycles. The van der Waals surface area contributed by atoms with Crippen LogP contribution in [0.1, 0.15) is 51.2 Å². The molecule has 2 rings (SSSR count). The van der Waals surface area contributed by atoms with Crippen LogP contribution < -0.4 is 5.73 Å². The van der Waals surface area contributed by atoms with Gasteiger partial charge in [0.25, 0.3) is 0 Å². The third kappa shape index (κ3) is 11.0. The van der Waals surface area contributed by atoms with Crippen LogP contribution in [0, 0.1) is 44.1 Å². The maximum atomic E-state index is 12.0. The first kappa shape index (κ1) is 27.9. The normalized spacial score (nSPS) is 10.9. The summed E-state index contributed by atoms with van der Waals surface area (Å²) in [5.74, 6) is -0.892. The summed E-state index contributed by atoms with van der Waals surface area (Å²) in [6.45, 7) is 13.9. The Bertz CT molecular complexity index is 838. The number of hydrogen-bond donors (Lipinski definition) is 1. The average Bonchev–Trinajstić information content (AvgIpc) is 2.85. The van der Waals surface area contributed by atoms with Gasteiger partial charge in [0.15, 0.2) is 5.97 Å². The quantitative estimate of drug-likeness (QED) is 0.259. The van der Waals surface area contributed by atoms with Gasteiger partial charge in [-0.1, -0.05) is 22.7 Å². The average molecular weight is 662 g/mol. The predicted octanol–water partition coefficient (Wildman–Crippen LogP) is 5.57. The molecule has 0 amide bonds. The topological polar surface area (TPSA) is 78.6 Å². The van der Waals surface area contributed by atoms with Gasteiger partial charge in [-0.15, -0.1) is 17.7 Å². The van der Waals surface area contributed by atoms with Crippen molar-refractivity contribution in [3.05, 3.63) is 47.2 Å². The molecule has 0 spiro atoms. The number of anilines is 1. The molecule has 0 atom stereocenters. The second-order valence-electron chi connectivity index (χ2n) is 7.91. The number of carbonyl (C=O) groups is 2. The van der Waals surface area contributed by atoms with Gasteiger partial charge in [0.1, 0.15) is 5.60 Å². The minimum absolute atomic E-state index is 0. The van der Waals surface area contributed by atoms with E-state index in [0.717, 1.165) is 10.4 Å². The molecule has 1 heterocycles. The molecule has 1 aromatic carbocycles. The number of rotatable bonds is 2. The van der Waals surface area contributed by atoms with E-state index in [1.807, 2.05) is 39.0 Å².